The van der Waals surface area contributed by atoms with Crippen LogP contribution < -0.4 is 11.1 Å². The number of hydrogen-bond donors (Lipinski definition) is 6. The lowest BCUT2D eigenvalue weighted by Gasteiger charge is -2.62. The average Bonchev–Trinajstić information content (AvgIpc) is 3.43. The van der Waals surface area contributed by atoms with E-state index < -0.39 is 76.0 Å². The van der Waals surface area contributed by atoms with Crippen LogP contribution in [0.2, 0.25) is 0 Å². The number of allylic oxidation sites excluding steroid dienone is 4. The zero-order valence-electron chi connectivity index (χ0n) is 34.7. The fourth-order valence-electron chi connectivity index (χ4n) is 11.8. The summed E-state index contributed by atoms with van der Waals surface area (Å²) in [7, 11) is 0. The Morgan fingerprint density at radius 1 is 0.952 bits per heavy atom. The number of carboxylic acids is 2. The van der Waals surface area contributed by atoms with Gasteiger partial charge in [-0.05, 0) is 121 Å². The molecule has 4 aliphatic carbocycles. The monoisotopic (exact) mass is 843 g/mol. The summed E-state index contributed by atoms with van der Waals surface area (Å²) in [5, 5.41) is 50.1. The number of aromatic carboxylic acids is 2. The van der Waals surface area contributed by atoms with Gasteiger partial charge in [-0.2, -0.15) is 0 Å². The topological polar surface area (TPSA) is 217 Å². The number of ketones is 2. The molecule has 0 bridgehead atoms. The number of pyridine rings is 1. The normalized spacial score (nSPS) is 30.4. The molecule has 1 aromatic heterocycles. The van der Waals surface area contributed by atoms with Gasteiger partial charge in [-0.3, -0.25) is 19.4 Å². The van der Waals surface area contributed by atoms with Crippen molar-refractivity contribution in [2.24, 2.45) is 34.3 Å². The molecule has 4 aromatic rings. The fourth-order valence-corrected chi connectivity index (χ4v) is 11.8. The molecular formula is C49H50FN3O9. The Bertz CT molecular complexity index is 2610. The second-order valence-electron chi connectivity index (χ2n) is 18.1. The number of Topliss-reactive ketones (excluding diaryl/α,β-unsaturated/α-hetero) is 1. The van der Waals surface area contributed by atoms with Crippen LogP contribution in [0, 0.1) is 28.6 Å². The van der Waals surface area contributed by atoms with Crippen LogP contribution in [0.3, 0.4) is 0 Å². The second kappa shape index (κ2) is 15.5. The number of benzene rings is 3. The molecule has 8 rings (SSSR count). The molecule has 1 amide bonds. The highest BCUT2D eigenvalue weighted by Crippen LogP contribution is 2.70. The van der Waals surface area contributed by atoms with Gasteiger partial charge in [0.25, 0.3) is 0 Å². The van der Waals surface area contributed by atoms with Crippen molar-refractivity contribution in [1.82, 2.24) is 4.98 Å². The SMILES string of the molecule is C[C@@H]1C[C@H]2[C@@H]3CCC4=CC(=O)C=C[C@]4(C)[C@@]3(F)[C@@H](O)C[C@]2(C)[C@@]1(O)C(=O)Cc1c(C(=O)O)ccc(C(=O)O)c1Cc1ccc([C@@H](CN)C(=O)Nc2ccc3cnccc3c2)cc1. The molecular weight excluding hydrogens is 794 g/mol. The number of fused-ring (bicyclic) bond motifs is 6. The number of nitrogens with one attached hydrogen (secondary N) is 1. The molecule has 7 N–H and O–H groups in total. The van der Waals surface area contributed by atoms with Crippen molar-refractivity contribution in [2.75, 3.05) is 11.9 Å². The highest BCUT2D eigenvalue weighted by Gasteiger charge is 2.75. The van der Waals surface area contributed by atoms with Gasteiger partial charge in [-0.15, -0.1) is 0 Å². The highest BCUT2D eigenvalue weighted by atomic mass is 19.1. The summed E-state index contributed by atoms with van der Waals surface area (Å²) >= 11 is 0. The summed E-state index contributed by atoms with van der Waals surface area (Å²) in [6.07, 6.45) is 5.99. The predicted molar refractivity (Wildman–Crippen MR) is 228 cm³/mol. The third kappa shape index (κ3) is 6.51. The van der Waals surface area contributed by atoms with Crippen LogP contribution in [0.4, 0.5) is 10.1 Å². The minimum absolute atomic E-state index is 0.0145. The van der Waals surface area contributed by atoms with Crippen LogP contribution in [-0.2, 0) is 27.2 Å². The number of alkyl halides is 1. The number of aromatic nitrogens is 1. The van der Waals surface area contributed by atoms with Crippen molar-refractivity contribution in [2.45, 2.75) is 82.6 Å². The van der Waals surface area contributed by atoms with Crippen LogP contribution in [-0.4, -0.2) is 78.7 Å². The molecule has 9 atom stereocenters. The van der Waals surface area contributed by atoms with Gasteiger partial charge in [0.15, 0.2) is 17.2 Å². The Balaban J connectivity index is 1.09. The first-order valence-corrected chi connectivity index (χ1v) is 21.0. The third-order valence-electron chi connectivity index (χ3n) is 15.1. The second-order valence-corrected chi connectivity index (χ2v) is 18.1. The van der Waals surface area contributed by atoms with Gasteiger partial charge in [-0.1, -0.05) is 55.8 Å². The van der Waals surface area contributed by atoms with E-state index in [-0.39, 0.29) is 59.8 Å². The number of anilines is 1. The Morgan fingerprint density at radius 2 is 1.65 bits per heavy atom. The molecule has 322 valence electrons. The molecule has 0 spiro atoms. The minimum Gasteiger partial charge on any atom is -0.478 e. The van der Waals surface area contributed by atoms with E-state index in [4.69, 9.17) is 5.73 Å². The van der Waals surface area contributed by atoms with E-state index in [2.05, 4.69) is 10.3 Å². The Hall–Kier alpha value is -5.89. The number of aliphatic hydroxyl groups is 2. The first-order chi connectivity index (χ1) is 29.4. The maximum atomic E-state index is 17.8. The van der Waals surface area contributed by atoms with Gasteiger partial charge in [0.2, 0.25) is 5.91 Å². The molecule has 3 saturated carbocycles. The highest BCUT2D eigenvalue weighted by molar-refractivity contribution is 6.02. The van der Waals surface area contributed by atoms with Crippen LogP contribution >= 0.6 is 0 Å². The van der Waals surface area contributed by atoms with E-state index in [1.807, 2.05) is 18.2 Å². The van der Waals surface area contributed by atoms with Crippen molar-refractivity contribution in [1.29, 1.82) is 0 Å². The smallest absolute Gasteiger partial charge is 0.335 e. The molecule has 0 unspecified atom stereocenters. The number of halogens is 1. The molecule has 0 radical (unpaired) electrons. The molecule has 0 aliphatic heterocycles. The van der Waals surface area contributed by atoms with Crippen LogP contribution in [0.15, 0.2) is 96.9 Å². The van der Waals surface area contributed by atoms with Gasteiger partial charge < -0.3 is 31.5 Å². The zero-order valence-corrected chi connectivity index (χ0v) is 34.7. The third-order valence-corrected chi connectivity index (χ3v) is 15.1. The number of carbonyl (C=O) groups is 5. The molecule has 12 nitrogen and oxygen atoms in total. The van der Waals surface area contributed by atoms with Gasteiger partial charge in [0.1, 0.15) is 5.60 Å². The lowest BCUT2D eigenvalue weighted by molar-refractivity contribution is -0.218. The van der Waals surface area contributed by atoms with Gasteiger partial charge in [0.05, 0.1) is 23.1 Å². The lowest BCUT2D eigenvalue weighted by atomic mass is 9.44. The van der Waals surface area contributed by atoms with E-state index >= 15 is 4.39 Å². The van der Waals surface area contributed by atoms with E-state index in [9.17, 15) is 44.4 Å². The standard InChI is InChI=1S/C49H50FN3O9/c1-26-18-40-39-13-9-31-21-33(54)14-16-46(31,2)48(39,50)42(56)23-47(40,3)49(26,62)41(55)22-37-35(45(60)61)12-11-34(44(58)59)36(37)19-27-4-6-28(7-5-27)38(24-51)43(57)53-32-10-8-30-25-52-17-15-29(30)20-32/h4-8,10-12,14-17,20-21,25-26,38-40,42,56,62H,9,13,18-19,22-24,51H2,1-3H3,(H,53,57)(H,58,59)(H,60,61)/t26-,38-,39+,40+,42+,46+,47+,48+,49+/m1/s1. The molecule has 0 saturated heterocycles. The largest absolute Gasteiger partial charge is 0.478 e. The molecule has 3 aromatic carbocycles. The summed E-state index contributed by atoms with van der Waals surface area (Å²) in [6, 6.07) is 16.4. The lowest BCUT2D eigenvalue weighted by Crippen LogP contribution is -2.69. The van der Waals surface area contributed by atoms with Crippen LogP contribution in [0.1, 0.15) is 95.3 Å². The Morgan fingerprint density at radius 3 is 2.32 bits per heavy atom. The van der Waals surface area contributed by atoms with E-state index in [0.29, 0.717) is 35.2 Å². The Kier molecular flexibility index (Phi) is 10.7. The van der Waals surface area contributed by atoms with Gasteiger partial charge >= 0.3 is 11.9 Å². The van der Waals surface area contributed by atoms with Gasteiger partial charge in [-0.25, -0.2) is 14.0 Å². The van der Waals surface area contributed by atoms with Crippen molar-refractivity contribution < 1.29 is 48.8 Å². The number of carboxylic acid groups (broad SMARTS) is 2. The number of carbonyl (C=O) groups excluding carboxylic acids is 3. The predicted octanol–water partition coefficient (Wildman–Crippen LogP) is 6.36. The van der Waals surface area contributed by atoms with Crippen LogP contribution in [0.25, 0.3) is 10.8 Å². The first-order valence-electron chi connectivity index (χ1n) is 21.0. The molecule has 1 heterocycles. The number of nitrogens with two attached hydrogens (primary N) is 1. The summed E-state index contributed by atoms with van der Waals surface area (Å²) in [6.45, 7) is 5.07. The quantitative estimate of drug-likeness (QED) is 0.0976. The summed E-state index contributed by atoms with van der Waals surface area (Å²) in [5.74, 6) is -6.88. The van der Waals surface area contributed by atoms with E-state index in [1.54, 1.807) is 63.5 Å². The summed E-state index contributed by atoms with van der Waals surface area (Å²) in [5.41, 5.74) is 0.937. The number of amides is 1. The van der Waals surface area contributed by atoms with Crippen molar-refractivity contribution in [3.63, 3.8) is 0 Å². The molecule has 3 fully saturated rings. The van der Waals surface area contributed by atoms with Gasteiger partial charge in [0, 0.05) is 53.2 Å². The molecule has 62 heavy (non-hydrogen) atoms. The number of rotatable bonds is 11. The number of hydrogen-bond acceptors (Lipinski definition) is 9. The maximum absolute atomic E-state index is 17.8. The Labute approximate surface area is 357 Å². The minimum atomic E-state index is -2.19. The number of aliphatic hydroxyl groups excluding tert-OH is 1. The maximum Gasteiger partial charge on any atom is 0.335 e. The zero-order chi connectivity index (χ0) is 44.5. The molecule has 4 aliphatic rings. The average molecular weight is 844 g/mol. The molecule has 13 heteroatoms. The van der Waals surface area contributed by atoms with Crippen LogP contribution in [0.5, 0.6) is 0 Å². The number of nitrogens with zero attached hydrogens (tertiary/aromatic N) is 1. The van der Waals surface area contributed by atoms with Crippen molar-refractivity contribution in [3.05, 3.63) is 130 Å². The fraction of sp³-hybridized carbons (Fsp3) is 0.388. The summed E-state index contributed by atoms with van der Waals surface area (Å²) < 4.78 is 17.8. The van der Waals surface area contributed by atoms with Crippen molar-refractivity contribution >= 4 is 45.9 Å². The summed E-state index contributed by atoms with van der Waals surface area (Å²) in [4.78, 5) is 70.2. The van der Waals surface area contributed by atoms with E-state index in [0.717, 1.165) is 16.8 Å². The van der Waals surface area contributed by atoms with Crippen molar-refractivity contribution in [3.8, 4) is 0 Å². The van der Waals surface area contributed by atoms with E-state index in [1.165, 1.54) is 24.3 Å². The first kappa shape index (κ1) is 42.8.